The first-order valence-electron chi connectivity index (χ1n) is 7.33. The summed E-state index contributed by atoms with van der Waals surface area (Å²) in [6.45, 7) is 1.25. The van der Waals surface area contributed by atoms with Crippen molar-refractivity contribution in [2.75, 3.05) is 13.2 Å². The molecule has 2 aromatic rings. The molecule has 2 aromatic carbocycles. The third-order valence-corrected chi connectivity index (χ3v) is 3.78. The van der Waals surface area contributed by atoms with E-state index in [4.69, 9.17) is 4.74 Å². The highest BCUT2D eigenvalue weighted by molar-refractivity contribution is 5.78. The van der Waals surface area contributed by atoms with Crippen LogP contribution in [0, 0.1) is 0 Å². The normalized spacial score (nSPS) is 17.0. The molecular weight excluding hydrogens is 262 g/mol. The Kier molecular flexibility index (Phi) is 4.31. The lowest BCUT2D eigenvalue weighted by molar-refractivity contribution is -0.121. The Hall–Kier alpha value is -2.13. The molecule has 3 rings (SSSR count). The molecule has 0 bridgehead atoms. The van der Waals surface area contributed by atoms with Gasteiger partial charge in [0.05, 0.1) is 13.0 Å². The topological polar surface area (TPSA) is 38.3 Å². The first-order valence-corrected chi connectivity index (χ1v) is 7.33. The Bertz CT molecular complexity index is 610. The fourth-order valence-electron chi connectivity index (χ4n) is 2.70. The molecule has 0 spiro atoms. The number of carbonyl (C=O) groups excluding carboxylic acids is 1. The zero-order chi connectivity index (χ0) is 14.5. The monoisotopic (exact) mass is 281 g/mol. The standard InChI is InChI=1S/C18H19NO2/c20-18(12-14-6-2-1-3-7-14)19-13-17-16-9-5-4-8-15(16)10-11-21-17/h1-9,17H,10-13H2,(H,19,20)/t17-/m0/s1. The highest BCUT2D eigenvalue weighted by Crippen LogP contribution is 2.26. The van der Waals surface area contributed by atoms with Crippen LogP contribution in [-0.2, 0) is 22.4 Å². The minimum Gasteiger partial charge on any atom is -0.371 e. The summed E-state index contributed by atoms with van der Waals surface area (Å²) >= 11 is 0. The van der Waals surface area contributed by atoms with Crippen molar-refractivity contribution in [2.45, 2.75) is 18.9 Å². The lowest BCUT2D eigenvalue weighted by Gasteiger charge is -2.26. The van der Waals surface area contributed by atoms with Crippen molar-refractivity contribution < 1.29 is 9.53 Å². The summed E-state index contributed by atoms with van der Waals surface area (Å²) in [6.07, 6.45) is 1.33. The van der Waals surface area contributed by atoms with Crippen LogP contribution in [0.1, 0.15) is 22.8 Å². The fourth-order valence-corrected chi connectivity index (χ4v) is 2.70. The van der Waals surface area contributed by atoms with Crippen molar-refractivity contribution in [1.82, 2.24) is 5.32 Å². The van der Waals surface area contributed by atoms with Crippen molar-refractivity contribution in [3.05, 3.63) is 71.3 Å². The summed E-state index contributed by atoms with van der Waals surface area (Å²) < 4.78 is 5.79. The van der Waals surface area contributed by atoms with Gasteiger partial charge in [-0.3, -0.25) is 4.79 Å². The molecule has 1 aliphatic heterocycles. The van der Waals surface area contributed by atoms with Gasteiger partial charge >= 0.3 is 0 Å². The number of benzene rings is 2. The van der Waals surface area contributed by atoms with Gasteiger partial charge in [0.25, 0.3) is 0 Å². The van der Waals surface area contributed by atoms with Gasteiger partial charge in [0, 0.05) is 6.54 Å². The number of ether oxygens (including phenoxy) is 1. The maximum atomic E-state index is 12.0. The van der Waals surface area contributed by atoms with Gasteiger partial charge in [0.15, 0.2) is 0 Å². The summed E-state index contributed by atoms with van der Waals surface area (Å²) in [5, 5.41) is 2.98. The summed E-state index contributed by atoms with van der Waals surface area (Å²) in [4.78, 5) is 12.0. The highest BCUT2D eigenvalue weighted by Gasteiger charge is 2.20. The lowest BCUT2D eigenvalue weighted by Crippen LogP contribution is -2.32. The van der Waals surface area contributed by atoms with Crippen molar-refractivity contribution in [3.8, 4) is 0 Å². The number of hydrogen-bond donors (Lipinski definition) is 1. The quantitative estimate of drug-likeness (QED) is 0.935. The molecule has 1 amide bonds. The SMILES string of the molecule is O=C(Cc1ccccc1)NC[C@@H]1OCCc2ccccc21. The first kappa shape index (κ1) is 13.8. The van der Waals surface area contributed by atoms with E-state index in [0.29, 0.717) is 13.0 Å². The molecule has 0 fully saturated rings. The zero-order valence-corrected chi connectivity index (χ0v) is 11.9. The molecular formula is C18H19NO2. The van der Waals surface area contributed by atoms with E-state index in [-0.39, 0.29) is 12.0 Å². The number of hydrogen-bond acceptors (Lipinski definition) is 2. The maximum Gasteiger partial charge on any atom is 0.224 e. The van der Waals surface area contributed by atoms with E-state index >= 15 is 0 Å². The van der Waals surface area contributed by atoms with Gasteiger partial charge in [-0.1, -0.05) is 54.6 Å². The van der Waals surface area contributed by atoms with E-state index in [1.165, 1.54) is 11.1 Å². The molecule has 0 radical (unpaired) electrons. The van der Waals surface area contributed by atoms with Crippen LogP contribution in [0.15, 0.2) is 54.6 Å². The summed E-state index contributed by atoms with van der Waals surface area (Å²) in [5.74, 6) is 0.0351. The molecule has 3 heteroatoms. The van der Waals surface area contributed by atoms with Crippen molar-refractivity contribution in [2.24, 2.45) is 0 Å². The third kappa shape index (κ3) is 3.50. The maximum absolute atomic E-state index is 12.0. The minimum absolute atomic E-state index is 0.0327. The molecule has 1 atom stereocenters. The predicted octanol–water partition coefficient (Wildman–Crippen LogP) is 2.66. The molecule has 0 aromatic heterocycles. The molecule has 21 heavy (non-hydrogen) atoms. The second-order valence-corrected chi connectivity index (χ2v) is 5.27. The van der Waals surface area contributed by atoms with Crippen molar-refractivity contribution >= 4 is 5.91 Å². The van der Waals surface area contributed by atoms with Crippen LogP contribution in [0.3, 0.4) is 0 Å². The lowest BCUT2D eigenvalue weighted by atomic mass is 9.97. The van der Waals surface area contributed by atoms with Crippen LogP contribution >= 0.6 is 0 Å². The van der Waals surface area contributed by atoms with E-state index < -0.39 is 0 Å². The van der Waals surface area contributed by atoms with Crippen LogP contribution < -0.4 is 5.32 Å². The third-order valence-electron chi connectivity index (χ3n) is 3.78. The van der Waals surface area contributed by atoms with E-state index in [2.05, 4.69) is 23.5 Å². The van der Waals surface area contributed by atoms with Gasteiger partial charge in [-0.25, -0.2) is 0 Å². The number of fused-ring (bicyclic) bond motifs is 1. The Balaban J connectivity index is 1.57. The fraction of sp³-hybridized carbons (Fsp3) is 0.278. The van der Waals surface area contributed by atoms with Crippen LogP contribution in [0.5, 0.6) is 0 Å². The van der Waals surface area contributed by atoms with Gasteiger partial charge < -0.3 is 10.1 Å². The van der Waals surface area contributed by atoms with Crippen LogP contribution in [0.4, 0.5) is 0 Å². The largest absolute Gasteiger partial charge is 0.371 e. The Morgan fingerprint density at radius 1 is 1.10 bits per heavy atom. The average Bonchev–Trinajstić information content (AvgIpc) is 2.54. The smallest absolute Gasteiger partial charge is 0.224 e. The van der Waals surface area contributed by atoms with Gasteiger partial charge in [0.1, 0.15) is 6.10 Å². The minimum atomic E-state index is -0.0327. The Labute approximate surface area is 124 Å². The zero-order valence-electron chi connectivity index (χ0n) is 11.9. The van der Waals surface area contributed by atoms with Gasteiger partial charge in [-0.2, -0.15) is 0 Å². The number of amides is 1. The Morgan fingerprint density at radius 2 is 1.86 bits per heavy atom. The molecule has 0 saturated carbocycles. The summed E-state index contributed by atoms with van der Waals surface area (Å²) in [6, 6.07) is 18.1. The van der Waals surface area contributed by atoms with E-state index in [0.717, 1.165) is 18.6 Å². The van der Waals surface area contributed by atoms with Crippen LogP contribution in [0.2, 0.25) is 0 Å². The van der Waals surface area contributed by atoms with E-state index in [1.807, 2.05) is 36.4 Å². The van der Waals surface area contributed by atoms with Crippen molar-refractivity contribution in [3.63, 3.8) is 0 Å². The van der Waals surface area contributed by atoms with Crippen LogP contribution in [-0.4, -0.2) is 19.1 Å². The highest BCUT2D eigenvalue weighted by atomic mass is 16.5. The Morgan fingerprint density at radius 3 is 2.71 bits per heavy atom. The molecule has 1 aliphatic rings. The molecule has 3 nitrogen and oxygen atoms in total. The number of nitrogens with one attached hydrogen (secondary N) is 1. The molecule has 1 N–H and O–H groups in total. The molecule has 0 unspecified atom stereocenters. The molecule has 1 heterocycles. The van der Waals surface area contributed by atoms with Crippen molar-refractivity contribution in [1.29, 1.82) is 0 Å². The second kappa shape index (κ2) is 6.55. The number of carbonyl (C=O) groups is 1. The second-order valence-electron chi connectivity index (χ2n) is 5.27. The molecule has 0 aliphatic carbocycles. The van der Waals surface area contributed by atoms with Crippen LogP contribution in [0.25, 0.3) is 0 Å². The van der Waals surface area contributed by atoms with Gasteiger partial charge in [-0.05, 0) is 23.1 Å². The van der Waals surface area contributed by atoms with E-state index in [9.17, 15) is 4.79 Å². The first-order chi connectivity index (χ1) is 10.3. The number of rotatable bonds is 4. The summed E-state index contributed by atoms with van der Waals surface area (Å²) in [7, 11) is 0. The average molecular weight is 281 g/mol. The van der Waals surface area contributed by atoms with Gasteiger partial charge in [-0.15, -0.1) is 0 Å². The van der Waals surface area contributed by atoms with E-state index in [1.54, 1.807) is 0 Å². The summed E-state index contributed by atoms with van der Waals surface area (Å²) in [5.41, 5.74) is 3.55. The molecule has 0 saturated heterocycles. The van der Waals surface area contributed by atoms with Gasteiger partial charge in [0.2, 0.25) is 5.91 Å². The predicted molar refractivity (Wildman–Crippen MR) is 82.0 cm³/mol. The molecule has 108 valence electrons.